The minimum absolute atomic E-state index is 0.110. The molecule has 0 fully saturated rings. The molecule has 0 aliphatic heterocycles. The molecule has 1 aromatic rings. The monoisotopic (exact) mass is 604 g/mol. The molecular weight excluding hydrogens is 560 g/mol. The minimum atomic E-state index is -1.66. The third-order valence-electron chi connectivity index (χ3n) is 6.36. The number of nitrogens with zero attached hydrogens (tertiary/aromatic N) is 2. The van der Waals surface area contributed by atoms with Crippen molar-refractivity contribution in [1.82, 2.24) is 26.2 Å². The molecule has 0 spiro atoms. The van der Waals surface area contributed by atoms with Crippen molar-refractivity contribution < 1.29 is 29.1 Å². The summed E-state index contributed by atoms with van der Waals surface area (Å²) in [6.45, 7) is 5.55. The second-order valence-electron chi connectivity index (χ2n) is 9.98. The number of urea groups is 1. The van der Waals surface area contributed by atoms with Gasteiger partial charge in [-0.15, -0.1) is 0 Å². The predicted octanol–water partition coefficient (Wildman–Crippen LogP) is 0.333. The number of carbonyl (C=O) groups excluding carboxylic acids is 4. The highest BCUT2D eigenvalue weighted by molar-refractivity contribution is 6.04. The molecule has 43 heavy (non-hydrogen) atoms. The summed E-state index contributed by atoms with van der Waals surface area (Å²) in [6.07, 6.45) is -0.416. The second kappa shape index (κ2) is 18.5. The van der Waals surface area contributed by atoms with Gasteiger partial charge in [-0.25, -0.2) is 14.5 Å². The van der Waals surface area contributed by atoms with Gasteiger partial charge in [-0.05, 0) is 50.7 Å². The summed E-state index contributed by atoms with van der Waals surface area (Å²) >= 11 is 0. The lowest BCUT2D eigenvalue weighted by atomic mass is 10.0. The first-order chi connectivity index (χ1) is 20.3. The van der Waals surface area contributed by atoms with Crippen LogP contribution in [-0.4, -0.2) is 89.9 Å². The number of anilines is 1. The third kappa shape index (κ3) is 12.2. The van der Waals surface area contributed by atoms with E-state index in [1.54, 1.807) is 51.1 Å². The molecule has 0 heterocycles. The van der Waals surface area contributed by atoms with E-state index in [1.807, 2.05) is 0 Å². The number of imide groups is 1. The summed E-state index contributed by atoms with van der Waals surface area (Å²) in [7, 11) is 0. The number of rotatable bonds is 17. The van der Waals surface area contributed by atoms with E-state index in [9.17, 15) is 29.1 Å². The SMILES string of the molecule is CCN(C(=O)N(C(=O)O)[C@@H](CCCNC(=N)N)C(=O)N[C@H](C(=O)N[C@H](C=O)CCCNC(=N)N)C(C)C)c1ccccc1. The van der Waals surface area contributed by atoms with Crippen LogP contribution in [0.25, 0.3) is 0 Å². The lowest BCUT2D eigenvalue weighted by Crippen LogP contribution is -2.60. The van der Waals surface area contributed by atoms with Crippen LogP contribution in [0.15, 0.2) is 30.3 Å². The number of carboxylic acid groups (broad SMARTS) is 1. The van der Waals surface area contributed by atoms with Crippen molar-refractivity contribution in [2.75, 3.05) is 24.5 Å². The number of para-hydroxylation sites is 1. The normalized spacial score (nSPS) is 12.7. The highest BCUT2D eigenvalue weighted by Crippen LogP contribution is 2.19. The summed E-state index contributed by atoms with van der Waals surface area (Å²) in [5, 5.41) is 35.0. The van der Waals surface area contributed by atoms with E-state index < -0.39 is 48.0 Å². The molecular formula is C27H44N10O6. The maximum atomic E-state index is 13.7. The molecule has 0 saturated heterocycles. The zero-order chi connectivity index (χ0) is 32.5. The Morgan fingerprint density at radius 3 is 1.95 bits per heavy atom. The van der Waals surface area contributed by atoms with Crippen LogP contribution in [-0.2, 0) is 14.4 Å². The molecule has 0 saturated carbocycles. The summed E-state index contributed by atoms with van der Waals surface area (Å²) in [6, 6.07) is 3.84. The molecule has 0 unspecified atom stereocenters. The van der Waals surface area contributed by atoms with Crippen LogP contribution < -0.4 is 37.6 Å². The number of aldehydes is 1. The minimum Gasteiger partial charge on any atom is -0.465 e. The summed E-state index contributed by atoms with van der Waals surface area (Å²) in [5.41, 5.74) is 11.0. The van der Waals surface area contributed by atoms with Crippen LogP contribution in [0.5, 0.6) is 0 Å². The predicted molar refractivity (Wildman–Crippen MR) is 162 cm³/mol. The Bertz CT molecular complexity index is 1120. The maximum Gasteiger partial charge on any atom is 0.416 e. The van der Waals surface area contributed by atoms with E-state index in [0.717, 1.165) is 0 Å². The number of hydrogen-bond donors (Lipinski definition) is 9. The van der Waals surface area contributed by atoms with Crippen molar-refractivity contribution in [2.45, 2.75) is 64.6 Å². The molecule has 11 N–H and O–H groups in total. The first-order valence-corrected chi connectivity index (χ1v) is 13.9. The Balaban J connectivity index is 3.24. The van der Waals surface area contributed by atoms with Crippen LogP contribution in [0.4, 0.5) is 15.3 Å². The van der Waals surface area contributed by atoms with Crippen LogP contribution in [0.2, 0.25) is 0 Å². The molecule has 3 atom stereocenters. The van der Waals surface area contributed by atoms with Crippen LogP contribution in [0, 0.1) is 16.7 Å². The molecule has 0 aliphatic rings. The number of nitrogens with one attached hydrogen (secondary N) is 6. The molecule has 0 radical (unpaired) electrons. The molecule has 238 valence electrons. The largest absolute Gasteiger partial charge is 0.465 e. The smallest absolute Gasteiger partial charge is 0.416 e. The summed E-state index contributed by atoms with van der Waals surface area (Å²) in [4.78, 5) is 66.1. The standard InChI is InChI=1S/C27H44N10O6/c1-4-36(19-11-6-5-7-12-19)26(41)37(27(42)43)20(13-9-15-33-25(30)31)22(39)35-21(17(2)3)23(40)34-18(16-38)10-8-14-32-24(28)29/h5-7,11-12,16-18,20-21H,4,8-10,13-15H2,1-3H3,(H,34,40)(H,35,39)(H,42,43)(H4,28,29,32)(H4,30,31,33)/t18-,20-,21-/m0/s1. The average Bonchev–Trinajstić information content (AvgIpc) is 2.94. The van der Waals surface area contributed by atoms with Crippen molar-refractivity contribution in [3.05, 3.63) is 30.3 Å². The van der Waals surface area contributed by atoms with Gasteiger partial charge in [0.15, 0.2) is 11.9 Å². The maximum absolute atomic E-state index is 13.7. The number of guanidine groups is 2. The van der Waals surface area contributed by atoms with Crippen molar-refractivity contribution >= 4 is 47.8 Å². The Hall–Kier alpha value is -4.89. The molecule has 0 aromatic heterocycles. The van der Waals surface area contributed by atoms with Gasteiger partial charge in [0.05, 0.1) is 6.04 Å². The molecule has 16 heteroatoms. The number of nitrogens with two attached hydrogens (primary N) is 2. The van der Waals surface area contributed by atoms with Gasteiger partial charge in [-0.2, -0.15) is 0 Å². The van der Waals surface area contributed by atoms with E-state index >= 15 is 0 Å². The van der Waals surface area contributed by atoms with Gasteiger partial charge in [0, 0.05) is 25.3 Å². The average molecular weight is 605 g/mol. The van der Waals surface area contributed by atoms with E-state index in [0.29, 0.717) is 29.8 Å². The second-order valence-corrected chi connectivity index (χ2v) is 9.98. The van der Waals surface area contributed by atoms with Gasteiger partial charge in [0.1, 0.15) is 18.4 Å². The Kier molecular flexibility index (Phi) is 15.6. The molecule has 1 aromatic carbocycles. The van der Waals surface area contributed by atoms with Gasteiger partial charge >= 0.3 is 12.1 Å². The van der Waals surface area contributed by atoms with Gasteiger partial charge in [-0.1, -0.05) is 32.0 Å². The third-order valence-corrected chi connectivity index (χ3v) is 6.36. The van der Waals surface area contributed by atoms with Gasteiger partial charge in [0.2, 0.25) is 11.8 Å². The fraction of sp³-hybridized carbons (Fsp3) is 0.519. The number of benzene rings is 1. The molecule has 16 nitrogen and oxygen atoms in total. The van der Waals surface area contributed by atoms with E-state index in [1.165, 1.54) is 4.90 Å². The van der Waals surface area contributed by atoms with Crippen molar-refractivity contribution in [1.29, 1.82) is 10.8 Å². The van der Waals surface area contributed by atoms with E-state index in [4.69, 9.17) is 22.3 Å². The van der Waals surface area contributed by atoms with Crippen molar-refractivity contribution in [3.63, 3.8) is 0 Å². The van der Waals surface area contributed by atoms with Crippen LogP contribution >= 0.6 is 0 Å². The van der Waals surface area contributed by atoms with Crippen molar-refractivity contribution in [2.24, 2.45) is 17.4 Å². The highest BCUT2D eigenvalue weighted by atomic mass is 16.4. The summed E-state index contributed by atoms with van der Waals surface area (Å²) in [5.74, 6) is -2.55. The van der Waals surface area contributed by atoms with Gasteiger partial charge < -0.3 is 42.6 Å². The molecule has 0 aliphatic carbocycles. The highest BCUT2D eigenvalue weighted by Gasteiger charge is 2.39. The quantitative estimate of drug-likeness (QED) is 0.0509. The lowest BCUT2D eigenvalue weighted by Gasteiger charge is -2.33. The fourth-order valence-corrected chi connectivity index (χ4v) is 4.19. The van der Waals surface area contributed by atoms with Gasteiger partial charge in [-0.3, -0.25) is 25.3 Å². The number of amides is 5. The van der Waals surface area contributed by atoms with Crippen LogP contribution in [0.1, 0.15) is 46.5 Å². The van der Waals surface area contributed by atoms with E-state index in [2.05, 4.69) is 21.3 Å². The first-order valence-electron chi connectivity index (χ1n) is 13.9. The fourth-order valence-electron chi connectivity index (χ4n) is 4.19. The molecule has 0 bridgehead atoms. The molecule has 5 amide bonds. The van der Waals surface area contributed by atoms with E-state index in [-0.39, 0.29) is 44.3 Å². The zero-order valence-electron chi connectivity index (χ0n) is 24.8. The Morgan fingerprint density at radius 2 is 1.49 bits per heavy atom. The summed E-state index contributed by atoms with van der Waals surface area (Å²) < 4.78 is 0. The number of carbonyl (C=O) groups is 5. The van der Waals surface area contributed by atoms with Crippen LogP contribution in [0.3, 0.4) is 0 Å². The van der Waals surface area contributed by atoms with Crippen molar-refractivity contribution in [3.8, 4) is 0 Å². The lowest BCUT2D eigenvalue weighted by molar-refractivity contribution is -0.133. The number of hydrogen-bond acceptors (Lipinski definition) is 7. The Morgan fingerprint density at radius 1 is 0.930 bits per heavy atom. The topological polar surface area (TPSA) is 260 Å². The Labute approximate surface area is 250 Å². The first kappa shape index (κ1) is 36.1. The zero-order valence-corrected chi connectivity index (χ0v) is 24.8. The molecule has 1 rings (SSSR count). The van der Waals surface area contributed by atoms with Gasteiger partial charge in [0.25, 0.3) is 0 Å².